The molecule has 0 saturated carbocycles. The SMILES string of the molecule is CCCCC(=O)CNCCC(CC)(CCNCC)OC=O. The molecule has 0 aromatic rings. The highest BCUT2D eigenvalue weighted by molar-refractivity contribution is 5.80. The van der Waals surface area contributed by atoms with Gasteiger partial charge in [0.25, 0.3) is 6.47 Å². The van der Waals surface area contributed by atoms with E-state index < -0.39 is 5.60 Å². The van der Waals surface area contributed by atoms with Gasteiger partial charge in [0.1, 0.15) is 11.4 Å². The minimum Gasteiger partial charge on any atom is -0.461 e. The van der Waals surface area contributed by atoms with Crippen molar-refractivity contribution in [2.24, 2.45) is 0 Å². The Labute approximate surface area is 129 Å². The summed E-state index contributed by atoms with van der Waals surface area (Å²) >= 11 is 0. The van der Waals surface area contributed by atoms with Gasteiger partial charge >= 0.3 is 0 Å². The maximum Gasteiger partial charge on any atom is 0.293 e. The van der Waals surface area contributed by atoms with E-state index in [9.17, 15) is 9.59 Å². The summed E-state index contributed by atoms with van der Waals surface area (Å²) in [5.74, 6) is 0.253. The van der Waals surface area contributed by atoms with Gasteiger partial charge < -0.3 is 15.4 Å². The van der Waals surface area contributed by atoms with Crippen molar-refractivity contribution in [2.75, 3.05) is 26.2 Å². The third-order valence-corrected chi connectivity index (χ3v) is 3.84. The molecule has 5 heteroatoms. The van der Waals surface area contributed by atoms with Gasteiger partial charge in [-0.05, 0) is 45.3 Å². The molecule has 124 valence electrons. The Morgan fingerprint density at radius 2 is 1.81 bits per heavy atom. The average molecular weight is 300 g/mol. The van der Waals surface area contributed by atoms with Gasteiger partial charge in [-0.25, -0.2) is 0 Å². The number of Topliss-reactive ketones (excluding diaryl/α,β-unsaturated/α-hetero) is 1. The van der Waals surface area contributed by atoms with Crippen molar-refractivity contribution in [1.29, 1.82) is 0 Å². The highest BCUT2D eigenvalue weighted by Gasteiger charge is 2.28. The maximum atomic E-state index is 11.6. The molecule has 0 fully saturated rings. The molecule has 0 spiro atoms. The van der Waals surface area contributed by atoms with E-state index in [1.54, 1.807) is 0 Å². The van der Waals surface area contributed by atoms with Gasteiger partial charge in [-0.15, -0.1) is 0 Å². The zero-order valence-corrected chi connectivity index (χ0v) is 13.9. The van der Waals surface area contributed by atoms with Gasteiger partial charge in [0, 0.05) is 6.42 Å². The summed E-state index contributed by atoms with van der Waals surface area (Å²) < 4.78 is 5.35. The first-order valence-corrected chi connectivity index (χ1v) is 8.18. The van der Waals surface area contributed by atoms with Crippen LogP contribution in [0.2, 0.25) is 0 Å². The molecule has 0 bridgehead atoms. The van der Waals surface area contributed by atoms with E-state index in [4.69, 9.17) is 4.74 Å². The van der Waals surface area contributed by atoms with Crippen molar-refractivity contribution in [3.63, 3.8) is 0 Å². The number of rotatable bonds is 15. The lowest BCUT2D eigenvalue weighted by molar-refractivity contribution is -0.145. The number of nitrogens with one attached hydrogen (secondary N) is 2. The fourth-order valence-electron chi connectivity index (χ4n) is 2.28. The van der Waals surface area contributed by atoms with Gasteiger partial charge in [0.05, 0.1) is 6.54 Å². The third kappa shape index (κ3) is 9.58. The summed E-state index contributed by atoms with van der Waals surface area (Å²) in [4.78, 5) is 22.3. The molecule has 5 nitrogen and oxygen atoms in total. The van der Waals surface area contributed by atoms with E-state index >= 15 is 0 Å². The van der Waals surface area contributed by atoms with Gasteiger partial charge in [0.2, 0.25) is 0 Å². The van der Waals surface area contributed by atoms with Crippen LogP contribution in [0.15, 0.2) is 0 Å². The van der Waals surface area contributed by atoms with Crippen molar-refractivity contribution in [2.45, 2.75) is 64.9 Å². The minimum absolute atomic E-state index is 0.253. The number of unbranched alkanes of at least 4 members (excludes halogenated alkanes) is 1. The predicted molar refractivity (Wildman–Crippen MR) is 85.4 cm³/mol. The van der Waals surface area contributed by atoms with Crippen molar-refractivity contribution < 1.29 is 14.3 Å². The van der Waals surface area contributed by atoms with Crippen LogP contribution in [0.1, 0.15) is 59.3 Å². The average Bonchev–Trinajstić information content (AvgIpc) is 2.49. The second-order valence-electron chi connectivity index (χ2n) is 5.42. The maximum absolute atomic E-state index is 11.6. The molecule has 0 aliphatic heterocycles. The summed E-state index contributed by atoms with van der Waals surface area (Å²) in [6.45, 7) is 9.54. The predicted octanol–water partition coefficient (Wildman–Crippen LogP) is 2.05. The van der Waals surface area contributed by atoms with Crippen LogP contribution < -0.4 is 10.6 Å². The van der Waals surface area contributed by atoms with E-state index in [0.717, 1.165) is 45.2 Å². The second-order valence-corrected chi connectivity index (χ2v) is 5.42. The Morgan fingerprint density at radius 3 is 2.33 bits per heavy atom. The molecule has 0 aromatic heterocycles. The van der Waals surface area contributed by atoms with Crippen molar-refractivity contribution in [3.05, 3.63) is 0 Å². The van der Waals surface area contributed by atoms with E-state index in [-0.39, 0.29) is 5.78 Å². The molecular formula is C16H32N2O3. The van der Waals surface area contributed by atoms with Crippen LogP contribution in [0, 0.1) is 0 Å². The van der Waals surface area contributed by atoms with Crippen molar-refractivity contribution in [1.82, 2.24) is 10.6 Å². The number of carbonyl (C=O) groups is 2. The zero-order valence-electron chi connectivity index (χ0n) is 13.9. The van der Waals surface area contributed by atoms with Crippen LogP contribution in [-0.2, 0) is 14.3 Å². The fourth-order valence-corrected chi connectivity index (χ4v) is 2.28. The Hall–Kier alpha value is -0.940. The molecule has 21 heavy (non-hydrogen) atoms. The number of ether oxygens (including phenoxy) is 1. The first-order valence-electron chi connectivity index (χ1n) is 8.18. The lowest BCUT2D eigenvalue weighted by atomic mass is 9.92. The van der Waals surface area contributed by atoms with Crippen LogP contribution >= 0.6 is 0 Å². The van der Waals surface area contributed by atoms with Crippen molar-refractivity contribution in [3.8, 4) is 0 Å². The van der Waals surface area contributed by atoms with Crippen molar-refractivity contribution >= 4 is 12.3 Å². The normalized spacial score (nSPS) is 13.7. The molecule has 0 aliphatic carbocycles. The first kappa shape index (κ1) is 20.1. The molecule has 0 radical (unpaired) electrons. The second kappa shape index (κ2) is 12.8. The van der Waals surface area contributed by atoms with Crippen LogP contribution in [0.5, 0.6) is 0 Å². The molecular weight excluding hydrogens is 268 g/mol. The molecule has 0 aliphatic rings. The van der Waals surface area contributed by atoms with Gasteiger partial charge in [-0.2, -0.15) is 0 Å². The largest absolute Gasteiger partial charge is 0.461 e. The summed E-state index contributed by atoms with van der Waals surface area (Å²) in [7, 11) is 0. The van der Waals surface area contributed by atoms with Crippen LogP contribution in [-0.4, -0.2) is 44.0 Å². The van der Waals surface area contributed by atoms with E-state index in [0.29, 0.717) is 26.0 Å². The number of ketones is 1. The van der Waals surface area contributed by atoms with Crippen LogP contribution in [0.25, 0.3) is 0 Å². The molecule has 0 heterocycles. The smallest absolute Gasteiger partial charge is 0.293 e. The molecule has 0 aromatic carbocycles. The summed E-state index contributed by atoms with van der Waals surface area (Å²) in [6, 6.07) is 0. The molecule has 2 N–H and O–H groups in total. The summed E-state index contributed by atoms with van der Waals surface area (Å²) in [5.41, 5.74) is -0.427. The summed E-state index contributed by atoms with van der Waals surface area (Å²) in [6.07, 6.45) is 4.95. The van der Waals surface area contributed by atoms with E-state index in [1.165, 1.54) is 0 Å². The minimum atomic E-state index is -0.427. The van der Waals surface area contributed by atoms with Crippen LogP contribution in [0.4, 0.5) is 0 Å². The Bertz CT molecular complexity index is 285. The zero-order chi connectivity index (χ0) is 16.0. The topological polar surface area (TPSA) is 67.4 Å². The molecule has 1 atom stereocenters. The molecule has 1 unspecified atom stereocenters. The highest BCUT2D eigenvalue weighted by Crippen LogP contribution is 2.23. The monoisotopic (exact) mass is 300 g/mol. The van der Waals surface area contributed by atoms with Gasteiger partial charge in [0.15, 0.2) is 0 Å². The molecule has 0 amide bonds. The Kier molecular flexibility index (Phi) is 12.2. The van der Waals surface area contributed by atoms with E-state index in [1.807, 2.05) is 6.92 Å². The lowest BCUT2D eigenvalue weighted by Crippen LogP contribution is -2.39. The lowest BCUT2D eigenvalue weighted by Gasteiger charge is -2.31. The quantitative estimate of drug-likeness (QED) is 0.358. The number of carbonyl (C=O) groups excluding carboxylic acids is 2. The number of hydrogen-bond donors (Lipinski definition) is 2. The van der Waals surface area contributed by atoms with Gasteiger partial charge in [-0.3, -0.25) is 9.59 Å². The third-order valence-electron chi connectivity index (χ3n) is 3.84. The fraction of sp³-hybridized carbons (Fsp3) is 0.875. The van der Waals surface area contributed by atoms with E-state index in [2.05, 4.69) is 24.5 Å². The first-order chi connectivity index (χ1) is 10.1. The molecule has 0 rings (SSSR count). The number of hydrogen-bond acceptors (Lipinski definition) is 5. The highest BCUT2D eigenvalue weighted by atomic mass is 16.5. The van der Waals surface area contributed by atoms with Gasteiger partial charge in [-0.1, -0.05) is 27.2 Å². The summed E-state index contributed by atoms with van der Waals surface area (Å²) in [5, 5.41) is 6.42. The molecule has 0 saturated heterocycles. The Morgan fingerprint density at radius 1 is 1.14 bits per heavy atom. The Balaban J connectivity index is 4.10. The standard InChI is InChI=1S/C16H32N2O3/c1-4-7-8-15(20)13-18-12-10-16(5-2,21-14-19)9-11-17-6-3/h14,17-18H,4-13H2,1-3H3. The van der Waals surface area contributed by atoms with Crippen LogP contribution in [0.3, 0.4) is 0 Å².